The van der Waals surface area contributed by atoms with Crippen molar-refractivity contribution in [3.8, 4) is 0 Å². The second-order valence-corrected chi connectivity index (χ2v) is 5.00. The first-order chi connectivity index (χ1) is 6.72. The van der Waals surface area contributed by atoms with Crippen LogP contribution in [0, 0.1) is 6.92 Å². The van der Waals surface area contributed by atoms with Gasteiger partial charge in [0.25, 0.3) is 0 Å². The highest BCUT2D eigenvalue weighted by Crippen LogP contribution is 2.17. The van der Waals surface area contributed by atoms with Gasteiger partial charge in [-0.15, -0.1) is 11.3 Å². The zero-order chi connectivity index (χ0) is 10.4. The minimum Gasteiger partial charge on any atom is -0.395 e. The second kappa shape index (κ2) is 6.17. The van der Waals surface area contributed by atoms with E-state index in [1.165, 1.54) is 9.75 Å². The van der Waals surface area contributed by atoms with Crippen molar-refractivity contribution in [2.45, 2.75) is 32.7 Å². The van der Waals surface area contributed by atoms with E-state index < -0.39 is 0 Å². The van der Waals surface area contributed by atoms with Crippen molar-refractivity contribution in [2.75, 3.05) is 13.2 Å². The number of aliphatic hydroxyl groups excluding tert-OH is 1. The van der Waals surface area contributed by atoms with Crippen LogP contribution in [0.3, 0.4) is 0 Å². The lowest BCUT2D eigenvalue weighted by molar-refractivity contribution is 0.284. The molecule has 0 aliphatic rings. The number of aryl methyl sites for hydroxylation is 2. The number of hydrogen-bond acceptors (Lipinski definition) is 3. The molecule has 2 nitrogen and oxygen atoms in total. The molecular formula is C11H19NOS. The van der Waals surface area contributed by atoms with Crippen LogP contribution in [0.1, 0.15) is 23.1 Å². The van der Waals surface area contributed by atoms with Crippen molar-refractivity contribution < 1.29 is 5.11 Å². The monoisotopic (exact) mass is 213 g/mol. The smallest absolute Gasteiger partial charge is 0.0556 e. The lowest BCUT2D eigenvalue weighted by Gasteiger charge is -2.11. The third kappa shape index (κ3) is 4.22. The molecule has 14 heavy (non-hydrogen) atoms. The fraction of sp³-hybridized carbons (Fsp3) is 0.636. The van der Waals surface area contributed by atoms with Crippen LogP contribution in [-0.2, 0) is 6.42 Å². The van der Waals surface area contributed by atoms with Crippen molar-refractivity contribution in [1.29, 1.82) is 0 Å². The summed E-state index contributed by atoms with van der Waals surface area (Å²) < 4.78 is 0. The van der Waals surface area contributed by atoms with Gasteiger partial charge >= 0.3 is 0 Å². The van der Waals surface area contributed by atoms with Crippen LogP contribution >= 0.6 is 11.3 Å². The van der Waals surface area contributed by atoms with Gasteiger partial charge in [-0.25, -0.2) is 0 Å². The van der Waals surface area contributed by atoms with E-state index in [0.717, 1.165) is 12.8 Å². The van der Waals surface area contributed by atoms with E-state index >= 15 is 0 Å². The van der Waals surface area contributed by atoms with Crippen LogP contribution in [0.4, 0.5) is 0 Å². The van der Waals surface area contributed by atoms with Gasteiger partial charge in [0.05, 0.1) is 6.61 Å². The van der Waals surface area contributed by atoms with Gasteiger partial charge in [0, 0.05) is 22.3 Å². The summed E-state index contributed by atoms with van der Waals surface area (Å²) >= 11 is 1.88. The highest BCUT2D eigenvalue weighted by atomic mass is 32.1. The highest BCUT2D eigenvalue weighted by Gasteiger charge is 2.02. The van der Waals surface area contributed by atoms with Gasteiger partial charge in [-0.1, -0.05) is 0 Å². The Balaban J connectivity index is 2.20. The maximum Gasteiger partial charge on any atom is 0.0556 e. The van der Waals surface area contributed by atoms with E-state index in [2.05, 4.69) is 31.3 Å². The average molecular weight is 213 g/mol. The Kier molecular flexibility index (Phi) is 5.15. The van der Waals surface area contributed by atoms with E-state index in [1.54, 1.807) is 0 Å². The molecule has 0 amide bonds. The van der Waals surface area contributed by atoms with Gasteiger partial charge in [-0.3, -0.25) is 0 Å². The quantitative estimate of drug-likeness (QED) is 0.757. The zero-order valence-electron chi connectivity index (χ0n) is 8.92. The second-order valence-electron chi connectivity index (χ2n) is 3.63. The summed E-state index contributed by atoms with van der Waals surface area (Å²) in [5.41, 5.74) is 0. The van der Waals surface area contributed by atoms with E-state index in [9.17, 15) is 0 Å². The molecule has 0 fully saturated rings. The number of aliphatic hydroxyl groups is 1. The molecule has 0 saturated heterocycles. The van der Waals surface area contributed by atoms with Crippen molar-refractivity contribution >= 4 is 11.3 Å². The standard InChI is InChI=1S/C11H19NOS/c1-9(12-7-8-13)3-5-11-6-4-10(2)14-11/h4,6,9,12-13H,3,5,7-8H2,1-2H3. The SMILES string of the molecule is Cc1ccc(CCC(C)NCCO)s1. The van der Waals surface area contributed by atoms with E-state index in [-0.39, 0.29) is 6.61 Å². The first kappa shape index (κ1) is 11.7. The van der Waals surface area contributed by atoms with Crippen molar-refractivity contribution in [1.82, 2.24) is 5.32 Å². The molecule has 1 heterocycles. The van der Waals surface area contributed by atoms with Crippen molar-refractivity contribution in [3.63, 3.8) is 0 Å². The third-order valence-electron chi connectivity index (χ3n) is 2.22. The van der Waals surface area contributed by atoms with E-state index in [0.29, 0.717) is 12.6 Å². The summed E-state index contributed by atoms with van der Waals surface area (Å²) in [6.45, 7) is 5.23. The van der Waals surface area contributed by atoms with E-state index in [1.807, 2.05) is 11.3 Å². The Morgan fingerprint density at radius 1 is 1.50 bits per heavy atom. The van der Waals surface area contributed by atoms with Gasteiger partial charge in [-0.2, -0.15) is 0 Å². The topological polar surface area (TPSA) is 32.3 Å². The molecule has 3 heteroatoms. The van der Waals surface area contributed by atoms with Gasteiger partial charge in [0.2, 0.25) is 0 Å². The maximum atomic E-state index is 8.64. The molecule has 1 rings (SSSR count). The average Bonchev–Trinajstić information content (AvgIpc) is 2.58. The summed E-state index contributed by atoms with van der Waals surface area (Å²) in [5, 5.41) is 11.9. The molecule has 0 aliphatic heterocycles. The fourth-order valence-electron chi connectivity index (χ4n) is 1.39. The summed E-state index contributed by atoms with van der Waals surface area (Å²) in [6.07, 6.45) is 2.28. The summed E-state index contributed by atoms with van der Waals surface area (Å²) in [7, 11) is 0. The maximum absolute atomic E-state index is 8.64. The molecule has 1 aromatic heterocycles. The van der Waals surface area contributed by atoms with Crippen LogP contribution in [-0.4, -0.2) is 24.3 Å². The predicted molar refractivity (Wildman–Crippen MR) is 61.9 cm³/mol. The number of hydrogen-bond donors (Lipinski definition) is 2. The molecule has 0 spiro atoms. The lowest BCUT2D eigenvalue weighted by Crippen LogP contribution is -2.29. The molecule has 80 valence electrons. The summed E-state index contributed by atoms with van der Waals surface area (Å²) in [5.74, 6) is 0. The molecule has 2 N–H and O–H groups in total. The molecule has 1 atom stereocenters. The van der Waals surface area contributed by atoms with Crippen LogP contribution in [0.15, 0.2) is 12.1 Å². The van der Waals surface area contributed by atoms with Gasteiger partial charge in [0.1, 0.15) is 0 Å². The molecule has 0 radical (unpaired) electrons. The Bertz CT molecular complexity index is 260. The number of rotatable bonds is 6. The summed E-state index contributed by atoms with van der Waals surface area (Å²) in [6, 6.07) is 4.87. The normalized spacial score (nSPS) is 13.1. The minimum absolute atomic E-state index is 0.225. The Labute approximate surface area is 90.0 Å². The molecule has 0 aliphatic carbocycles. The Morgan fingerprint density at radius 2 is 2.29 bits per heavy atom. The van der Waals surface area contributed by atoms with Crippen LogP contribution in [0.5, 0.6) is 0 Å². The number of thiophene rings is 1. The third-order valence-corrected chi connectivity index (χ3v) is 3.28. The van der Waals surface area contributed by atoms with Crippen LogP contribution in [0.25, 0.3) is 0 Å². The van der Waals surface area contributed by atoms with Crippen LogP contribution in [0.2, 0.25) is 0 Å². The molecule has 0 aromatic carbocycles. The fourth-order valence-corrected chi connectivity index (χ4v) is 2.30. The number of nitrogens with one attached hydrogen (secondary N) is 1. The molecule has 0 saturated carbocycles. The van der Waals surface area contributed by atoms with Gasteiger partial charge < -0.3 is 10.4 Å². The first-order valence-electron chi connectivity index (χ1n) is 5.12. The molecule has 1 unspecified atom stereocenters. The van der Waals surface area contributed by atoms with Gasteiger partial charge in [-0.05, 0) is 38.8 Å². The minimum atomic E-state index is 0.225. The van der Waals surface area contributed by atoms with Crippen molar-refractivity contribution in [2.24, 2.45) is 0 Å². The molecule has 0 bridgehead atoms. The Morgan fingerprint density at radius 3 is 2.86 bits per heavy atom. The predicted octanol–water partition coefficient (Wildman–Crippen LogP) is 1.96. The van der Waals surface area contributed by atoms with Crippen molar-refractivity contribution in [3.05, 3.63) is 21.9 Å². The first-order valence-corrected chi connectivity index (χ1v) is 5.93. The van der Waals surface area contributed by atoms with Gasteiger partial charge in [0.15, 0.2) is 0 Å². The highest BCUT2D eigenvalue weighted by molar-refractivity contribution is 7.11. The Hall–Kier alpha value is -0.380. The molecular weight excluding hydrogens is 194 g/mol. The van der Waals surface area contributed by atoms with Crippen LogP contribution < -0.4 is 5.32 Å². The van der Waals surface area contributed by atoms with E-state index in [4.69, 9.17) is 5.11 Å². The zero-order valence-corrected chi connectivity index (χ0v) is 9.73. The summed E-state index contributed by atoms with van der Waals surface area (Å²) in [4.78, 5) is 2.84. The molecule has 1 aromatic rings. The lowest BCUT2D eigenvalue weighted by atomic mass is 10.1. The largest absolute Gasteiger partial charge is 0.395 e.